The van der Waals surface area contributed by atoms with Gasteiger partial charge in [-0.05, 0) is 60.7 Å². The highest BCUT2D eigenvalue weighted by atomic mass is 35.5. The molecule has 8 nitrogen and oxygen atoms in total. The van der Waals surface area contributed by atoms with Crippen LogP contribution >= 0.6 is 34.8 Å². The second kappa shape index (κ2) is 9.78. The third kappa shape index (κ3) is 6.75. The van der Waals surface area contributed by atoms with Crippen molar-refractivity contribution in [2.45, 2.75) is 4.90 Å². The van der Waals surface area contributed by atoms with Crippen molar-refractivity contribution >= 4 is 77.8 Å². The second-order valence-electron chi connectivity index (χ2n) is 6.78. The first-order valence-corrected chi connectivity index (χ1v) is 13.5. The largest absolute Gasteiger partial charge is 0.322 e. The van der Waals surface area contributed by atoms with Crippen molar-refractivity contribution in [3.63, 3.8) is 0 Å². The number of sulfonamides is 2. The minimum absolute atomic E-state index is 0.0430. The van der Waals surface area contributed by atoms with E-state index in [0.717, 1.165) is 6.26 Å². The van der Waals surface area contributed by atoms with Crippen LogP contribution in [0.25, 0.3) is 0 Å². The van der Waals surface area contributed by atoms with E-state index in [0.29, 0.717) is 10.7 Å². The van der Waals surface area contributed by atoms with Crippen LogP contribution in [0.1, 0.15) is 10.4 Å². The first-order chi connectivity index (χ1) is 15.3. The molecule has 0 aliphatic heterocycles. The number of nitrogens with one attached hydrogen (secondary N) is 3. The van der Waals surface area contributed by atoms with Crippen molar-refractivity contribution < 1.29 is 21.6 Å². The fraction of sp³-hybridized carbons (Fsp3) is 0.0500. The third-order valence-corrected chi connectivity index (χ3v) is 6.96. The van der Waals surface area contributed by atoms with Gasteiger partial charge in [0.15, 0.2) is 0 Å². The van der Waals surface area contributed by atoms with Gasteiger partial charge in [0.1, 0.15) is 0 Å². The van der Waals surface area contributed by atoms with Crippen molar-refractivity contribution in [1.82, 2.24) is 0 Å². The molecule has 0 aliphatic carbocycles. The maximum Gasteiger partial charge on any atom is 0.261 e. The molecular formula is C20H16Cl3N3O5S2. The lowest BCUT2D eigenvalue weighted by molar-refractivity contribution is 0.102. The average Bonchev–Trinajstić information content (AvgIpc) is 2.71. The number of rotatable bonds is 7. The van der Waals surface area contributed by atoms with Gasteiger partial charge in [-0.3, -0.25) is 14.2 Å². The van der Waals surface area contributed by atoms with E-state index in [2.05, 4.69) is 14.8 Å². The molecular weight excluding hydrogens is 533 g/mol. The summed E-state index contributed by atoms with van der Waals surface area (Å²) in [5, 5.41) is 3.16. The molecule has 3 N–H and O–H groups in total. The van der Waals surface area contributed by atoms with E-state index in [1.807, 2.05) is 0 Å². The quantitative estimate of drug-likeness (QED) is 0.380. The first-order valence-electron chi connectivity index (χ1n) is 9.01. The Morgan fingerprint density at radius 3 is 1.91 bits per heavy atom. The fourth-order valence-electron chi connectivity index (χ4n) is 2.64. The number of carbonyl (C=O) groups is 1. The Bertz CT molecular complexity index is 1430. The summed E-state index contributed by atoms with van der Waals surface area (Å²) in [5.41, 5.74) is 0.815. The molecule has 0 atom stereocenters. The molecule has 0 aromatic heterocycles. The molecule has 13 heteroatoms. The SMILES string of the molecule is CS(=O)(=O)Nc1ccc(C(=O)Nc2ccc(S(=O)(=O)Nc3ccc(Cl)cc3Cl)cc2)cc1Cl. The summed E-state index contributed by atoms with van der Waals surface area (Å²) in [6.45, 7) is 0. The lowest BCUT2D eigenvalue weighted by Gasteiger charge is -2.11. The molecule has 3 aromatic carbocycles. The van der Waals surface area contributed by atoms with Crippen molar-refractivity contribution in [3.8, 4) is 0 Å². The summed E-state index contributed by atoms with van der Waals surface area (Å²) in [6.07, 6.45) is 0.980. The van der Waals surface area contributed by atoms with Crippen molar-refractivity contribution in [1.29, 1.82) is 0 Å². The van der Waals surface area contributed by atoms with Gasteiger partial charge in [-0.15, -0.1) is 0 Å². The fourth-order valence-corrected chi connectivity index (χ4v) is 5.09. The predicted octanol–water partition coefficient (Wildman–Crippen LogP) is 5.07. The molecule has 174 valence electrons. The maximum absolute atomic E-state index is 12.6. The summed E-state index contributed by atoms with van der Waals surface area (Å²) >= 11 is 17.9. The number of carbonyl (C=O) groups excluding carboxylic acids is 1. The van der Waals surface area contributed by atoms with Crippen LogP contribution in [0.3, 0.4) is 0 Å². The van der Waals surface area contributed by atoms with Crippen molar-refractivity contribution in [3.05, 3.63) is 81.3 Å². The molecule has 3 aromatic rings. The summed E-state index contributed by atoms with van der Waals surface area (Å²) < 4.78 is 52.5. The number of amides is 1. The monoisotopic (exact) mass is 547 g/mol. The van der Waals surface area contributed by atoms with E-state index >= 15 is 0 Å². The molecule has 0 fully saturated rings. The Labute approximate surface area is 206 Å². The van der Waals surface area contributed by atoms with Gasteiger partial charge in [0.2, 0.25) is 10.0 Å². The molecule has 0 unspecified atom stereocenters. The zero-order valence-electron chi connectivity index (χ0n) is 16.8. The van der Waals surface area contributed by atoms with Crippen LogP contribution in [0.5, 0.6) is 0 Å². The molecule has 33 heavy (non-hydrogen) atoms. The number of hydrogen-bond donors (Lipinski definition) is 3. The summed E-state index contributed by atoms with van der Waals surface area (Å²) in [7, 11) is -7.46. The molecule has 0 radical (unpaired) electrons. The molecule has 0 saturated carbocycles. The molecule has 1 amide bonds. The zero-order chi connectivity index (χ0) is 24.4. The Balaban J connectivity index is 1.72. The number of halogens is 3. The smallest absolute Gasteiger partial charge is 0.261 e. The van der Waals surface area contributed by atoms with Gasteiger partial charge >= 0.3 is 0 Å². The van der Waals surface area contributed by atoms with Gasteiger partial charge in [0, 0.05) is 16.3 Å². The normalized spacial score (nSPS) is 11.6. The van der Waals surface area contributed by atoms with E-state index in [-0.39, 0.29) is 31.9 Å². The predicted molar refractivity (Wildman–Crippen MR) is 132 cm³/mol. The summed E-state index contributed by atoms with van der Waals surface area (Å²) in [6, 6.07) is 13.9. The minimum atomic E-state index is -3.94. The van der Waals surface area contributed by atoms with E-state index < -0.39 is 26.0 Å². The van der Waals surface area contributed by atoms with Crippen LogP contribution in [0, 0.1) is 0 Å². The van der Waals surface area contributed by atoms with Crippen LogP contribution < -0.4 is 14.8 Å². The van der Waals surface area contributed by atoms with E-state index in [4.69, 9.17) is 34.8 Å². The van der Waals surface area contributed by atoms with Gasteiger partial charge in [-0.25, -0.2) is 16.8 Å². The van der Waals surface area contributed by atoms with Crippen LogP contribution in [0.15, 0.2) is 65.6 Å². The topological polar surface area (TPSA) is 121 Å². The minimum Gasteiger partial charge on any atom is -0.322 e. The Kier molecular flexibility index (Phi) is 7.45. The van der Waals surface area contributed by atoms with Gasteiger partial charge in [0.05, 0.1) is 32.6 Å². The highest BCUT2D eigenvalue weighted by molar-refractivity contribution is 7.92. The molecule has 0 aliphatic rings. The van der Waals surface area contributed by atoms with Crippen molar-refractivity contribution in [2.24, 2.45) is 0 Å². The average molecular weight is 549 g/mol. The molecule has 0 spiro atoms. The highest BCUT2D eigenvalue weighted by Gasteiger charge is 2.17. The summed E-state index contributed by atoms with van der Waals surface area (Å²) in [4.78, 5) is 12.4. The van der Waals surface area contributed by atoms with Crippen LogP contribution in [0.4, 0.5) is 17.1 Å². The lowest BCUT2D eigenvalue weighted by atomic mass is 10.2. The van der Waals surface area contributed by atoms with Gasteiger partial charge in [-0.1, -0.05) is 34.8 Å². The zero-order valence-corrected chi connectivity index (χ0v) is 20.7. The van der Waals surface area contributed by atoms with Gasteiger partial charge in [0.25, 0.3) is 15.9 Å². The third-order valence-electron chi connectivity index (χ3n) is 4.12. The molecule has 3 rings (SSSR count). The van der Waals surface area contributed by atoms with Crippen molar-refractivity contribution in [2.75, 3.05) is 21.0 Å². The van der Waals surface area contributed by atoms with Crippen LogP contribution in [-0.4, -0.2) is 29.0 Å². The highest BCUT2D eigenvalue weighted by Crippen LogP contribution is 2.28. The van der Waals surface area contributed by atoms with E-state index in [1.54, 1.807) is 0 Å². The number of benzene rings is 3. The standard InChI is InChI=1S/C20H16Cl3N3O5S2/c1-32(28,29)25-18-8-2-12(10-16(18)22)20(27)24-14-4-6-15(7-5-14)33(30,31)26-19-9-3-13(21)11-17(19)23/h2-11,25-26H,1H3,(H,24,27). The number of anilines is 3. The lowest BCUT2D eigenvalue weighted by Crippen LogP contribution is -2.15. The Hall–Kier alpha value is -2.50. The first kappa shape index (κ1) is 25.1. The maximum atomic E-state index is 12.6. The van der Waals surface area contributed by atoms with E-state index in [1.165, 1.54) is 60.7 Å². The second-order valence-corrected chi connectivity index (χ2v) is 11.5. The Morgan fingerprint density at radius 2 is 1.33 bits per heavy atom. The molecule has 0 bridgehead atoms. The van der Waals surface area contributed by atoms with Gasteiger partial charge < -0.3 is 5.32 Å². The van der Waals surface area contributed by atoms with Crippen LogP contribution in [0.2, 0.25) is 15.1 Å². The van der Waals surface area contributed by atoms with Crippen LogP contribution in [-0.2, 0) is 20.0 Å². The Morgan fingerprint density at radius 1 is 0.758 bits per heavy atom. The van der Waals surface area contributed by atoms with Gasteiger partial charge in [-0.2, -0.15) is 0 Å². The number of hydrogen-bond acceptors (Lipinski definition) is 5. The molecule has 0 heterocycles. The summed E-state index contributed by atoms with van der Waals surface area (Å²) in [5.74, 6) is -0.524. The van der Waals surface area contributed by atoms with E-state index in [9.17, 15) is 21.6 Å². The molecule has 0 saturated heterocycles.